The number of benzene rings is 1. The van der Waals surface area contributed by atoms with Gasteiger partial charge in [0.1, 0.15) is 17.5 Å². The number of fused-ring (bicyclic) bond motifs is 1. The van der Waals surface area contributed by atoms with Crippen molar-refractivity contribution in [2.24, 2.45) is 14.1 Å². The molecule has 156 valence electrons. The zero-order valence-corrected chi connectivity index (χ0v) is 17.3. The van der Waals surface area contributed by atoms with Gasteiger partial charge in [0.2, 0.25) is 0 Å². The van der Waals surface area contributed by atoms with Crippen molar-refractivity contribution in [3.05, 3.63) is 61.9 Å². The Morgan fingerprint density at radius 2 is 2.00 bits per heavy atom. The van der Waals surface area contributed by atoms with E-state index in [0.29, 0.717) is 26.1 Å². The summed E-state index contributed by atoms with van der Waals surface area (Å²) in [7, 11) is 4.50. The van der Waals surface area contributed by atoms with Crippen LogP contribution in [0.3, 0.4) is 0 Å². The Bertz CT molecular complexity index is 1020. The molecule has 3 rings (SSSR count). The molecule has 1 aromatic heterocycles. The average molecular weight is 401 g/mol. The summed E-state index contributed by atoms with van der Waals surface area (Å²) in [5, 5.41) is 0. The molecule has 8 nitrogen and oxygen atoms in total. The number of amides is 1. The van der Waals surface area contributed by atoms with Gasteiger partial charge in [-0.3, -0.25) is 18.7 Å². The summed E-state index contributed by atoms with van der Waals surface area (Å²) in [5.41, 5.74) is 1.15. The van der Waals surface area contributed by atoms with Crippen LogP contribution in [0.4, 0.5) is 0 Å². The molecule has 8 heteroatoms. The van der Waals surface area contributed by atoms with Gasteiger partial charge in [0.15, 0.2) is 0 Å². The summed E-state index contributed by atoms with van der Waals surface area (Å²) < 4.78 is 13.1. The first-order chi connectivity index (χ1) is 13.8. The molecule has 1 aromatic carbocycles. The second-order valence-electron chi connectivity index (χ2n) is 7.42. The molecular formula is C21H27N3O5. The van der Waals surface area contributed by atoms with Gasteiger partial charge in [0.25, 0.3) is 11.5 Å². The van der Waals surface area contributed by atoms with E-state index in [0.717, 1.165) is 27.9 Å². The van der Waals surface area contributed by atoms with Crippen molar-refractivity contribution in [1.82, 2.24) is 14.0 Å². The Hall–Kier alpha value is -2.87. The molecule has 1 atom stereocenters. The number of nitrogens with zero attached hydrogens (tertiary/aromatic N) is 3. The predicted octanol–water partition coefficient (Wildman–Crippen LogP) is 1.09. The van der Waals surface area contributed by atoms with Gasteiger partial charge in [0.05, 0.1) is 0 Å². The van der Waals surface area contributed by atoms with Gasteiger partial charge in [0, 0.05) is 53.4 Å². The fourth-order valence-corrected chi connectivity index (χ4v) is 3.55. The summed E-state index contributed by atoms with van der Waals surface area (Å²) in [5.74, 6) is 0.524. The van der Waals surface area contributed by atoms with Gasteiger partial charge in [-0.2, -0.15) is 0 Å². The molecule has 0 saturated carbocycles. The second-order valence-corrected chi connectivity index (χ2v) is 7.42. The van der Waals surface area contributed by atoms with Gasteiger partial charge < -0.3 is 14.4 Å². The second kappa shape index (κ2) is 8.65. The lowest BCUT2D eigenvalue weighted by Crippen LogP contribution is -2.42. The van der Waals surface area contributed by atoms with Crippen molar-refractivity contribution in [1.29, 1.82) is 0 Å². The van der Waals surface area contributed by atoms with Crippen LogP contribution in [0.1, 0.15) is 35.0 Å². The SMILES string of the molecule is COCCCN(Cc1ccc2c(c1)CC(C)O2)C(=O)c1cc(=O)n(C)c(=O)n1C. The van der Waals surface area contributed by atoms with E-state index >= 15 is 0 Å². The monoisotopic (exact) mass is 401 g/mol. The predicted molar refractivity (Wildman–Crippen MR) is 108 cm³/mol. The first-order valence-corrected chi connectivity index (χ1v) is 9.65. The fourth-order valence-electron chi connectivity index (χ4n) is 3.55. The maximum absolute atomic E-state index is 13.2. The van der Waals surface area contributed by atoms with Gasteiger partial charge in [-0.1, -0.05) is 12.1 Å². The van der Waals surface area contributed by atoms with Crippen molar-refractivity contribution in [3.8, 4) is 5.75 Å². The van der Waals surface area contributed by atoms with Crippen LogP contribution in [0.5, 0.6) is 5.75 Å². The Kier molecular flexibility index (Phi) is 6.22. The van der Waals surface area contributed by atoms with Crippen LogP contribution in [-0.2, 0) is 31.8 Å². The number of carbonyl (C=O) groups is 1. The summed E-state index contributed by atoms with van der Waals surface area (Å²) in [6, 6.07) is 7.14. The minimum absolute atomic E-state index is 0.0774. The smallest absolute Gasteiger partial charge is 0.331 e. The van der Waals surface area contributed by atoms with E-state index in [4.69, 9.17) is 9.47 Å². The van der Waals surface area contributed by atoms with Gasteiger partial charge >= 0.3 is 5.69 Å². The van der Waals surface area contributed by atoms with E-state index < -0.39 is 11.2 Å². The van der Waals surface area contributed by atoms with Crippen LogP contribution in [0.25, 0.3) is 0 Å². The lowest BCUT2D eigenvalue weighted by molar-refractivity contribution is 0.0711. The zero-order chi connectivity index (χ0) is 21.1. The number of carbonyl (C=O) groups excluding carboxylic acids is 1. The Morgan fingerprint density at radius 3 is 2.72 bits per heavy atom. The van der Waals surface area contributed by atoms with Crippen LogP contribution < -0.4 is 16.0 Å². The van der Waals surface area contributed by atoms with Gasteiger partial charge in [-0.25, -0.2) is 4.79 Å². The number of ether oxygens (including phenoxy) is 2. The molecule has 0 fully saturated rings. The van der Waals surface area contributed by atoms with Crippen LogP contribution >= 0.6 is 0 Å². The molecule has 0 aliphatic carbocycles. The molecule has 1 aliphatic heterocycles. The molecule has 0 radical (unpaired) electrons. The highest BCUT2D eigenvalue weighted by molar-refractivity contribution is 5.92. The third-order valence-electron chi connectivity index (χ3n) is 5.14. The van der Waals surface area contributed by atoms with Crippen LogP contribution in [0.15, 0.2) is 33.9 Å². The largest absolute Gasteiger partial charge is 0.490 e. The lowest BCUT2D eigenvalue weighted by Gasteiger charge is -2.24. The average Bonchev–Trinajstić information content (AvgIpc) is 3.07. The van der Waals surface area contributed by atoms with Crippen molar-refractivity contribution in [2.75, 3.05) is 20.3 Å². The highest BCUT2D eigenvalue weighted by Gasteiger charge is 2.23. The topological polar surface area (TPSA) is 82.8 Å². The van der Waals surface area contributed by atoms with Crippen LogP contribution in [0, 0.1) is 0 Å². The molecule has 1 aliphatic rings. The molecular weight excluding hydrogens is 374 g/mol. The zero-order valence-electron chi connectivity index (χ0n) is 17.3. The number of methoxy groups -OCH3 is 1. The Morgan fingerprint density at radius 1 is 1.24 bits per heavy atom. The van der Waals surface area contributed by atoms with E-state index in [9.17, 15) is 14.4 Å². The molecule has 2 aromatic rings. The maximum atomic E-state index is 13.2. The number of aromatic nitrogens is 2. The number of hydrogen-bond acceptors (Lipinski definition) is 5. The highest BCUT2D eigenvalue weighted by Crippen LogP contribution is 2.29. The van der Waals surface area contributed by atoms with Crippen molar-refractivity contribution in [2.45, 2.75) is 32.4 Å². The van der Waals surface area contributed by atoms with Crippen LogP contribution in [0.2, 0.25) is 0 Å². The van der Waals surface area contributed by atoms with Crippen molar-refractivity contribution >= 4 is 5.91 Å². The summed E-state index contributed by atoms with van der Waals surface area (Å²) >= 11 is 0. The minimum atomic E-state index is -0.527. The molecule has 1 amide bonds. The van der Waals surface area contributed by atoms with E-state index in [2.05, 4.69) is 6.07 Å². The summed E-state index contributed by atoms with van der Waals surface area (Å²) in [6.07, 6.45) is 1.63. The highest BCUT2D eigenvalue weighted by atomic mass is 16.5. The molecule has 0 saturated heterocycles. The molecule has 2 heterocycles. The molecule has 29 heavy (non-hydrogen) atoms. The quantitative estimate of drug-likeness (QED) is 0.649. The first-order valence-electron chi connectivity index (χ1n) is 9.65. The van der Waals surface area contributed by atoms with Crippen LogP contribution in [-0.4, -0.2) is 46.3 Å². The Balaban J connectivity index is 1.90. The molecule has 0 N–H and O–H groups in total. The standard InChI is InChI=1S/C21H27N3O5/c1-14-10-16-11-15(6-7-18(16)29-14)13-24(8-5-9-28-4)20(26)17-12-19(25)23(3)21(27)22(17)2/h6-7,11-12,14H,5,8-10,13H2,1-4H3. The third-order valence-corrected chi connectivity index (χ3v) is 5.14. The third kappa shape index (κ3) is 4.42. The minimum Gasteiger partial charge on any atom is -0.490 e. The van der Waals surface area contributed by atoms with E-state index in [1.165, 1.54) is 24.7 Å². The fraction of sp³-hybridized carbons (Fsp3) is 0.476. The lowest BCUT2D eigenvalue weighted by atomic mass is 10.1. The summed E-state index contributed by atoms with van der Waals surface area (Å²) in [4.78, 5) is 39.2. The van der Waals surface area contributed by atoms with Gasteiger partial charge in [-0.15, -0.1) is 0 Å². The maximum Gasteiger partial charge on any atom is 0.331 e. The normalized spacial score (nSPS) is 15.1. The van der Waals surface area contributed by atoms with Crippen molar-refractivity contribution < 1.29 is 14.3 Å². The number of rotatable bonds is 7. The van der Waals surface area contributed by atoms with Gasteiger partial charge in [-0.05, 0) is 30.5 Å². The van der Waals surface area contributed by atoms with E-state index in [1.54, 1.807) is 12.0 Å². The number of hydrogen-bond donors (Lipinski definition) is 0. The molecule has 1 unspecified atom stereocenters. The van der Waals surface area contributed by atoms with E-state index in [1.807, 2.05) is 19.1 Å². The first kappa shape index (κ1) is 20.9. The molecule has 0 spiro atoms. The van der Waals surface area contributed by atoms with E-state index in [-0.39, 0.29) is 17.7 Å². The van der Waals surface area contributed by atoms with Crippen molar-refractivity contribution in [3.63, 3.8) is 0 Å². The summed E-state index contributed by atoms with van der Waals surface area (Å²) in [6.45, 7) is 3.35. The molecule has 0 bridgehead atoms. The Labute approximate surface area is 169 Å².